The lowest BCUT2D eigenvalue weighted by molar-refractivity contribution is 0.405. The molecular weight excluding hydrogens is 443 g/mol. The highest BCUT2D eigenvalue weighted by Crippen LogP contribution is 2.28. The SMILES string of the molecule is COc1ccc(OC)c(NC(N)=NCc2ccc3ccccc3n2)c1.I. The molecule has 0 unspecified atom stereocenters. The van der Waals surface area contributed by atoms with Gasteiger partial charge in [0.15, 0.2) is 5.96 Å². The highest BCUT2D eigenvalue weighted by Gasteiger charge is 2.06. The summed E-state index contributed by atoms with van der Waals surface area (Å²) in [5, 5.41) is 4.14. The molecule has 3 N–H and O–H groups in total. The molecule has 0 saturated heterocycles. The van der Waals surface area contributed by atoms with Gasteiger partial charge in [-0.3, -0.25) is 4.98 Å². The number of fused-ring (bicyclic) bond motifs is 1. The van der Waals surface area contributed by atoms with Crippen LogP contribution >= 0.6 is 24.0 Å². The van der Waals surface area contributed by atoms with E-state index in [0.29, 0.717) is 23.7 Å². The predicted molar refractivity (Wildman–Crippen MR) is 116 cm³/mol. The number of nitrogens with one attached hydrogen (secondary N) is 1. The molecule has 0 atom stereocenters. The predicted octanol–water partition coefficient (Wildman–Crippen LogP) is 3.80. The number of nitrogens with zero attached hydrogens (tertiary/aromatic N) is 2. The number of rotatable bonds is 5. The quantitative estimate of drug-likeness (QED) is 0.341. The van der Waals surface area contributed by atoms with Crippen LogP contribution in [0.3, 0.4) is 0 Å². The Balaban J connectivity index is 0.00000243. The van der Waals surface area contributed by atoms with Gasteiger partial charge in [0.05, 0.1) is 37.7 Å². The summed E-state index contributed by atoms with van der Waals surface area (Å²) in [7, 11) is 3.20. The van der Waals surface area contributed by atoms with Gasteiger partial charge in [0, 0.05) is 11.5 Å². The molecule has 0 aliphatic rings. The fraction of sp³-hybridized carbons (Fsp3) is 0.158. The first-order chi connectivity index (χ1) is 12.2. The maximum Gasteiger partial charge on any atom is 0.193 e. The molecule has 0 saturated carbocycles. The Morgan fingerprint density at radius 1 is 1.08 bits per heavy atom. The molecule has 0 radical (unpaired) electrons. The van der Waals surface area contributed by atoms with E-state index in [1.807, 2.05) is 42.5 Å². The van der Waals surface area contributed by atoms with Crippen LogP contribution in [-0.4, -0.2) is 25.2 Å². The van der Waals surface area contributed by atoms with Crippen molar-refractivity contribution < 1.29 is 9.47 Å². The Kier molecular flexibility index (Phi) is 7.02. The Morgan fingerprint density at radius 3 is 2.65 bits per heavy atom. The van der Waals surface area contributed by atoms with E-state index in [1.165, 1.54) is 0 Å². The van der Waals surface area contributed by atoms with Crippen LogP contribution in [0.15, 0.2) is 59.6 Å². The van der Waals surface area contributed by atoms with Gasteiger partial charge in [0.25, 0.3) is 0 Å². The van der Waals surface area contributed by atoms with Gasteiger partial charge in [-0.2, -0.15) is 0 Å². The Morgan fingerprint density at radius 2 is 1.88 bits per heavy atom. The number of methoxy groups -OCH3 is 2. The molecular formula is C19H21IN4O2. The normalized spacial score (nSPS) is 10.9. The third kappa shape index (κ3) is 4.75. The lowest BCUT2D eigenvalue weighted by Gasteiger charge is -2.12. The van der Waals surface area contributed by atoms with E-state index in [4.69, 9.17) is 15.2 Å². The summed E-state index contributed by atoms with van der Waals surface area (Å²) in [6.07, 6.45) is 0. The zero-order valence-corrected chi connectivity index (χ0v) is 16.9. The third-order valence-electron chi connectivity index (χ3n) is 3.74. The average Bonchev–Trinajstić information content (AvgIpc) is 2.66. The number of ether oxygens (including phenoxy) is 2. The summed E-state index contributed by atoms with van der Waals surface area (Å²) in [6.45, 7) is 0.385. The van der Waals surface area contributed by atoms with Gasteiger partial charge in [-0.25, -0.2) is 4.99 Å². The van der Waals surface area contributed by atoms with Crippen molar-refractivity contribution in [2.75, 3.05) is 19.5 Å². The van der Waals surface area contributed by atoms with Crippen LogP contribution in [0.4, 0.5) is 5.69 Å². The van der Waals surface area contributed by atoms with Crippen LogP contribution < -0.4 is 20.5 Å². The van der Waals surface area contributed by atoms with E-state index in [0.717, 1.165) is 16.6 Å². The van der Waals surface area contributed by atoms with Gasteiger partial charge in [-0.15, -0.1) is 24.0 Å². The number of benzene rings is 2. The number of aromatic nitrogens is 1. The van der Waals surface area contributed by atoms with E-state index in [1.54, 1.807) is 26.4 Å². The van der Waals surface area contributed by atoms with Gasteiger partial charge in [-0.05, 0) is 24.3 Å². The standard InChI is InChI=1S/C19H20N4O2.HI/c1-24-15-9-10-18(25-2)17(11-15)23-19(20)21-12-14-8-7-13-5-3-4-6-16(13)22-14;/h3-11H,12H2,1-2H3,(H3,20,21,23);1H. The van der Waals surface area contributed by atoms with Crippen molar-refractivity contribution in [2.24, 2.45) is 10.7 Å². The molecule has 7 heteroatoms. The van der Waals surface area contributed by atoms with E-state index in [9.17, 15) is 0 Å². The molecule has 6 nitrogen and oxygen atoms in total. The van der Waals surface area contributed by atoms with E-state index in [-0.39, 0.29) is 29.9 Å². The molecule has 0 spiro atoms. The number of anilines is 1. The fourth-order valence-corrected chi connectivity index (χ4v) is 2.45. The van der Waals surface area contributed by atoms with E-state index in [2.05, 4.69) is 15.3 Å². The van der Waals surface area contributed by atoms with Crippen LogP contribution in [-0.2, 0) is 6.54 Å². The van der Waals surface area contributed by atoms with E-state index >= 15 is 0 Å². The summed E-state index contributed by atoms with van der Waals surface area (Å²) in [6, 6.07) is 17.4. The zero-order chi connectivity index (χ0) is 17.6. The lowest BCUT2D eigenvalue weighted by Crippen LogP contribution is -2.23. The molecule has 26 heavy (non-hydrogen) atoms. The first-order valence-electron chi connectivity index (χ1n) is 7.83. The maximum absolute atomic E-state index is 6.00. The van der Waals surface area contributed by atoms with Crippen LogP contribution in [0.25, 0.3) is 10.9 Å². The summed E-state index contributed by atoms with van der Waals surface area (Å²) in [4.78, 5) is 8.93. The largest absolute Gasteiger partial charge is 0.497 e. The molecule has 3 aromatic rings. The van der Waals surface area contributed by atoms with Crippen molar-refractivity contribution in [1.82, 2.24) is 4.98 Å². The first kappa shape index (κ1) is 19.8. The van der Waals surface area contributed by atoms with Crippen molar-refractivity contribution in [2.45, 2.75) is 6.54 Å². The number of hydrogen-bond acceptors (Lipinski definition) is 4. The van der Waals surface area contributed by atoms with Gasteiger partial charge in [0.2, 0.25) is 0 Å². The summed E-state index contributed by atoms with van der Waals surface area (Å²) in [5.74, 6) is 1.64. The average molecular weight is 464 g/mol. The molecule has 0 bridgehead atoms. The number of nitrogens with two attached hydrogens (primary N) is 1. The molecule has 2 aromatic carbocycles. The molecule has 136 valence electrons. The third-order valence-corrected chi connectivity index (χ3v) is 3.74. The fourth-order valence-electron chi connectivity index (χ4n) is 2.45. The van der Waals surface area contributed by atoms with Gasteiger partial charge in [-0.1, -0.05) is 24.3 Å². The highest BCUT2D eigenvalue weighted by molar-refractivity contribution is 14.0. The smallest absolute Gasteiger partial charge is 0.193 e. The summed E-state index contributed by atoms with van der Waals surface area (Å²) < 4.78 is 10.5. The summed E-state index contributed by atoms with van der Waals surface area (Å²) >= 11 is 0. The van der Waals surface area contributed by atoms with Crippen molar-refractivity contribution in [3.05, 3.63) is 60.3 Å². The monoisotopic (exact) mass is 464 g/mol. The number of pyridine rings is 1. The number of aliphatic imine (C=N–C) groups is 1. The van der Waals surface area contributed by atoms with Crippen molar-refractivity contribution in [3.8, 4) is 11.5 Å². The first-order valence-corrected chi connectivity index (χ1v) is 7.83. The minimum Gasteiger partial charge on any atom is -0.497 e. The minimum atomic E-state index is 0. The Labute approximate surface area is 169 Å². The summed E-state index contributed by atoms with van der Waals surface area (Å²) in [5.41, 5.74) is 8.47. The topological polar surface area (TPSA) is 81.8 Å². The molecule has 0 aliphatic carbocycles. The molecule has 1 aromatic heterocycles. The number of halogens is 1. The Hall–Kier alpha value is -2.55. The van der Waals surface area contributed by atoms with Crippen LogP contribution in [0.5, 0.6) is 11.5 Å². The maximum atomic E-state index is 6.00. The molecule has 0 amide bonds. The van der Waals surface area contributed by atoms with Crippen LogP contribution in [0, 0.1) is 0 Å². The number of hydrogen-bond donors (Lipinski definition) is 2. The van der Waals surface area contributed by atoms with E-state index < -0.39 is 0 Å². The van der Waals surface area contributed by atoms with Gasteiger partial charge < -0.3 is 20.5 Å². The molecule has 0 fully saturated rings. The van der Waals surface area contributed by atoms with Crippen LogP contribution in [0.1, 0.15) is 5.69 Å². The van der Waals surface area contributed by atoms with Crippen molar-refractivity contribution in [3.63, 3.8) is 0 Å². The second-order valence-corrected chi connectivity index (χ2v) is 5.39. The molecule has 3 rings (SSSR count). The van der Waals surface area contributed by atoms with Gasteiger partial charge in [0.1, 0.15) is 11.5 Å². The second kappa shape index (κ2) is 9.23. The lowest BCUT2D eigenvalue weighted by atomic mass is 10.2. The highest BCUT2D eigenvalue weighted by atomic mass is 127. The zero-order valence-electron chi connectivity index (χ0n) is 14.6. The van der Waals surface area contributed by atoms with Crippen molar-refractivity contribution >= 4 is 46.5 Å². The number of guanidine groups is 1. The minimum absolute atomic E-state index is 0. The Bertz CT molecular complexity index is 915. The van der Waals surface area contributed by atoms with Gasteiger partial charge >= 0.3 is 0 Å². The molecule has 0 aliphatic heterocycles. The molecule has 1 heterocycles. The second-order valence-electron chi connectivity index (χ2n) is 5.39. The van der Waals surface area contributed by atoms with Crippen molar-refractivity contribution in [1.29, 1.82) is 0 Å². The van der Waals surface area contributed by atoms with Crippen LogP contribution in [0.2, 0.25) is 0 Å². The number of para-hydroxylation sites is 1.